The third-order valence-corrected chi connectivity index (χ3v) is 19.6. The topological polar surface area (TPSA) is 160 Å². The summed E-state index contributed by atoms with van der Waals surface area (Å²) in [5.41, 5.74) is 3.89. The number of nitrogens with zero attached hydrogens (tertiary/aromatic N) is 5. The van der Waals surface area contributed by atoms with Crippen LogP contribution in [0.15, 0.2) is 263 Å². The molecule has 2 unspecified atom stereocenters. The second-order valence-electron chi connectivity index (χ2n) is 20.1. The first-order valence-electron chi connectivity index (χ1n) is 27.7. The number of amides is 2. The number of hydrogen-bond donors (Lipinski definition) is 3. The Hall–Kier alpha value is -8.84. The van der Waals surface area contributed by atoms with Gasteiger partial charge in [-0.2, -0.15) is 0 Å². The van der Waals surface area contributed by atoms with Crippen molar-refractivity contribution >= 4 is 91.6 Å². The summed E-state index contributed by atoms with van der Waals surface area (Å²) in [5.74, 6) is -1.95. The lowest BCUT2D eigenvalue weighted by Gasteiger charge is -2.50. The molecule has 13 nitrogen and oxygen atoms in total. The van der Waals surface area contributed by atoms with E-state index in [1.807, 2.05) is 206 Å². The van der Waals surface area contributed by atoms with Crippen LogP contribution in [0.5, 0.6) is 0 Å². The van der Waals surface area contributed by atoms with Crippen LogP contribution in [0.2, 0.25) is 4.34 Å². The van der Waals surface area contributed by atoms with Gasteiger partial charge in [0.2, 0.25) is 10.7 Å². The van der Waals surface area contributed by atoms with E-state index < -0.39 is 47.1 Å². The lowest BCUT2D eigenvalue weighted by molar-refractivity contribution is -0.158. The van der Waals surface area contributed by atoms with Crippen molar-refractivity contribution < 1.29 is 24.0 Å². The largest absolute Gasteiger partial charge is 0.448 e. The predicted octanol–water partition coefficient (Wildman–Crippen LogP) is 14.3. The Labute approximate surface area is 519 Å². The molecule has 2 aromatic heterocycles. The minimum absolute atomic E-state index is 0.0144. The number of hydrogen-bond acceptors (Lipinski definition) is 15. The number of thioether (sulfide) groups is 2. The zero-order valence-corrected chi connectivity index (χ0v) is 50.3. The van der Waals surface area contributed by atoms with Crippen LogP contribution >= 0.6 is 57.8 Å². The van der Waals surface area contributed by atoms with E-state index in [4.69, 9.17) is 31.3 Å². The van der Waals surface area contributed by atoms with Gasteiger partial charge in [0.1, 0.15) is 27.3 Å². The highest BCUT2D eigenvalue weighted by atomic mass is 35.5. The van der Waals surface area contributed by atoms with Crippen molar-refractivity contribution in [1.29, 1.82) is 0 Å². The maximum atomic E-state index is 15.7. The molecule has 2 atom stereocenters. The molecule has 0 spiro atoms. The maximum Gasteiger partial charge on any atom is 0.356 e. The summed E-state index contributed by atoms with van der Waals surface area (Å²) < 4.78 is 7.38. The van der Waals surface area contributed by atoms with E-state index in [1.54, 1.807) is 7.05 Å². The predicted molar refractivity (Wildman–Crippen MR) is 344 cm³/mol. The number of carbonyl (C=O) groups excluding carboxylic acids is 3. The summed E-state index contributed by atoms with van der Waals surface area (Å²) in [5, 5.41) is 24.8. The van der Waals surface area contributed by atoms with Gasteiger partial charge in [0.15, 0.2) is 21.3 Å². The molecule has 2 aliphatic heterocycles. The zero-order chi connectivity index (χ0) is 58.9. The number of rotatable bonds is 22. The minimum atomic E-state index is -1.43. The highest BCUT2D eigenvalue weighted by Crippen LogP contribution is 2.46. The molecule has 1 saturated heterocycles. The Bertz CT molecular complexity index is 3790. The monoisotopic (exact) mass is 1230 g/mol. The Morgan fingerprint density at radius 1 is 0.640 bits per heavy atom. The molecule has 12 rings (SSSR count). The normalized spacial score (nSPS) is 15.1. The number of benzene rings is 8. The van der Waals surface area contributed by atoms with Crippen molar-refractivity contribution in [3.05, 3.63) is 308 Å². The molecular formula is C68H55ClN8O5S4. The fourth-order valence-corrected chi connectivity index (χ4v) is 15.4. The van der Waals surface area contributed by atoms with Gasteiger partial charge in [0.25, 0.3) is 11.8 Å². The number of β-lactam (4-membered cyclic amide) rings is 1. The van der Waals surface area contributed by atoms with Crippen LogP contribution in [-0.2, 0) is 35.1 Å². The second-order valence-corrected chi connectivity index (χ2v) is 25.3. The lowest BCUT2D eigenvalue weighted by atomic mass is 9.77. The van der Waals surface area contributed by atoms with Crippen molar-refractivity contribution in [2.45, 2.75) is 46.5 Å². The van der Waals surface area contributed by atoms with Gasteiger partial charge in [0, 0.05) is 28.6 Å². The number of aromatic nitrogens is 3. The molecule has 0 bridgehead atoms. The zero-order valence-electron chi connectivity index (χ0n) is 46.2. The van der Waals surface area contributed by atoms with Gasteiger partial charge in [-0.3, -0.25) is 14.5 Å². The van der Waals surface area contributed by atoms with Gasteiger partial charge in [-0.1, -0.05) is 294 Å². The molecule has 18 heteroatoms. The number of allylic oxidation sites excluding steroid dienone is 1. The van der Waals surface area contributed by atoms with Gasteiger partial charge in [0.05, 0.1) is 11.1 Å². The quantitative estimate of drug-likeness (QED) is 0.0112. The van der Waals surface area contributed by atoms with Crippen molar-refractivity contribution in [2.75, 3.05) is 22.8 Å². The Kier molecular flexibility index (Phi) is 17.5. The van der Waals surface area contributed by atoms with Crippen LogP contribution in [0.3, 0.4) is 0 Å². The molecule has 10 aromatic rings. The Morgan fingerprint density at radius 2 is 1.10 bits per heavy atom. The second kappa shape index (κ2) is 26.2. The van der Waals surface area contributed by atoms with Gasteiger partial charge in [-0.25, -0.2) is 9.78 Å². The molecule has 2 aliphatic rings. The molecule has 428 valence electrons. The molecule has 0 saturated carbocycles. The summed E-state index contributed by atoms with van der Waals surface area (Å²) >= 11 is 12.9. The average Bonchev–Trinajstić information content (AvgIpc) is 0.985. The van der Waals surface area contributed by atoms with Gasteiger partial charge in [-0.15, -0.1) is 22.0 Å². The summed E-state index contributed by atoms with van der Waals surface area (Å²) in [4.78, 5) is 60.3. The molecule has 4 heterocycles. The molecule has 0 aliphatic carbocycles. The van der Waals surface area contributed by atoms with Crippen molar-refractivity contribution in [2.24, 2.45) is 5.16 Å². The maximum absolute atomic E-state index is 15.7. The van der Waals surface area contributed by atoms with E-state index >= 15 is 14.4 Å². The SMILES string of the molecule is CNc1nnc(SCSC2=C(C(=O)OC(c3ccccc3)c3ccccc3)N3C(=O)C(NC(=O)/C(=N\OC(c4ccccc4)(c4ccccc4)c4ccccc4)c4nc(NC(c5ccccc5)(c5ccccc5)c5ccccc5)sc4Cl)C3CC2)s1. The lowest BCUT2D eigenvalue weighted by Crippen LogP contribution is -2.72. The van der Waals surface area contributed by atoms with E-state index in [-0.39, 0.29) is 21.4 Å². The first kappa shape index (κ1) is 57.6. The van der Waals surface area contributed by atoms with Crippen LogP contribution in [0, 0.1) is 0 Å². The number of carbonyl (C=O) groups is 3. The molecule has 0 radical (unpaired) electrons. The number of thiazole rings is 1. The van der Waals surface area contributed by atoms with E-state index in [0.717, 1.165) is 60.2 Å². The number of ether oxygens (including phenoxy) is 1. The number of fused-ring (bicyclic) bond motifs is 1. The third kappa shape index (κ3) is 11.7. The molecule has 3 N–H and O–H groups in total. The van der Waals surface area contributed by atoms with Crippen molar-refractivity contribution in [1.82, 2.24) is 25.4 Å². The number of oxime groups is 1. The van der Waals surface area contributed by atoms with Crippen LogP contribution in [0.4, 0.5) is 10.3 Å². The first-order valence-corrected chi connectivity index (χ1v) is 31.7. The Balaban J connectivity index is 0.937. The summed E-state index contributed by atoms with van der Waals surface area (Å²) in [6.07, 6.45) is 0.0329. The van der Waals surface area contributed by atoms with E-state index in [2.05, 4.69) is 62.5 Å². The highest BCUT2D eigenvalue weighted by Gasteiger charge is 2.55. The first-order chi connectivity index (χ1) is 42.2. The number of nitrogens with one attached hydrogen (secondary N) is 3. The van der Waals surface area contributed by atoms with Gasteiger partial charge >= 0.3 is 5.97 Å². The van der Waals surface area contributed by atoms with Crippen LogP contribution in [0.25, 0.3) is 0 Å². The van der Waals surface area contributed by atoms with E-state index in [1.165, 1.54) is 39.8 Å². The number of anilines is 2. The number of halogens is 1. The smallest absolute Gasteiger partial charge is 0.356 e. The molecule has 2 amide bonds. The number of esters is 1. The summed E-state index contributed by atoms with van der Waals surface area (Å²) in [6, 6.07) is 76.5. The summed E-state index contributed by atoms with van der Waals surface area (Å²) in [7, 11) is 1.79. The molecular weight excluding hydrogens is 1170 g/mol. The summed E-state index contributed by atoms with van der Waals surface area (Å²) in [6.45, 7) is 0. The van der Waals surface area contributed by atoms with Crippen molar-refractivity contribution in [3.63, 3.8) is 0 Å². The van der Waals surface area contributed by atoms with Crippen molar-refractivity contribution in [3.8, 4) is 0 Å². The Morgan fingerprint density at radius 3 is 1.57 bits per heavy atom. The highest BCUT2D eigenvalue weighted by molar-refractivity contribution is 8.18. The fourth-order valence-electron chi connectivity index (χ4n) is 11.1. The third-order valence-electron chi connectivity index (χ3n) is 15.1. The van der Waals surface area contributed by atoms with Gasteiger partial charge < -0.3 is 25.5 Å². The van der Waals surface area contributed by atoms with Crippen LogP contribution in [-0.4, -0.2) is 67.8 Å². The molecule has 86 heavy (non-hydrogen) atoms. The van der Waals surface area contributed by atoms with Crippen LogP contribution in [0.1, 0.15) is 69.1 Å². The van der Waals surface area contributed by atoms with E-state index in [0.29, 0.717) is 33.1 Å². The van der Waals surface area contributed by atoms with Gasteiger partial charge in [-0.05, 0) is 40.7 Å². The molecule has 1 fully saturated rings. The van der Waals surface area contributed by atoms with E-state index in [9.17, 15) is 0 Å². The molecule has 8 aromatic carbocycles. The standard InChI is InChI=1S/C68H55ClN8O5S4/c1-70-64-74-75-66(86-64)84-44-83-54-43-42-53-55(62(79)77(53)58(54)63(80)81-59(45-26-10-2-11-27-45)46-28-12-3-13-29-46)71-61(78)57(76-82-68(50-36-20-7-21-37-50,51-38-22-8-23-39-51)52-40-24-9-25-41-52)56-60(69)85-65(72-56)73-67(47-30-14-4-15-31-47,48-32-16-5-17-33-48)49-34-18-6-19-35-49/h2-41,53,55,59H,42-44H2,1H3,(H,70,74)(H,71,78)(H,72,73)/b76-57-. The average molecular weight is 1230 g/mol. The fraction of sp³-hybridized carbons (Fsp3) is 0.132. The van der Waals surface area contributed by atoms with Crippen LogP contribution < -0.4 is 16.0 Å². The minimum Gasteiger partial charge on any atom is -0.448 e.